The zero-order valence-electron chi connectivity index (χ0n) is 12.0. The van der Waals surface area contributed by atoms with Crippen LogP contribution in [0.15, 0.2) is 11.4 Å². The Morgan fingerprint density at radius 1 is 1.67 bits per heavy atom. The summed E-state index contributed by atoms with van der Waals surface area (Å²) in [4.78, 5) is 23.4. The van der Waals surface area contributed by atoms with E-state index in [1.165, 1.54) is 0 Å². The quantitative estimate of drug-likeness (QED) is 0.645. The van der Waals surface area contributed by atoms with Crippen molar-refractivity contribution in [2.75, 3.05) is 13.1 Å². The highest BCUT2D eigenvalue weighted by atomic mass is 32.1. The highest BCUT2D eigenvalue weighted by molar-refractivity contribution is 7.13. The monoisotopic (exact) mass is 312 g/mol. The molecule has 0 amide bonds. The Morgan fingerprint density at radius 3 is 3.05 bits per heavy atom. The zero-order chi connectivity index (χ0) is 15.4. The summed E-state index contributed by atoms with van der Waals surface area (Å²) in [6, 6.07) is 1.63. The predicted octanol–water partition coefficient (Wildman–Crippen LogP) is 2.98. The molecule has 2 heterocycles. The second-order valence-electron chi connectivity index (χ2n) is 5.76. The fourth-order valence-electron chi connectivity index (χ4n) is 2.94. The Hall–Kier alpha value is -1.47. The van der Waals surface area contributed by atoms with E-state index in [-0.39, 0.29) is 22.3 Å². The number of nitro groups is 1. The van der Waals surface area contributed by atoms with Gasteiger partial charge in [-0.05, 0) is 36.8 Å². The summed E-state index contributed by atoms with van der Waals surface area (Å²) in [5.74, 6) is -0.182. The van der Waals surface area contributed by atoms with Crippen LogP contribution in [-0.2, 0) is 11.3 Å². The van der Waals surface area contributed by atoms with Crippen LogP contribution in [0.25, 0.3) is 0 Å². The number of rotatable bonds is 6. The van der Waals surface area contributed by atoms with Gasteiger partial charge in [-0.15, -0.1) is 0 Å². The van der Waals surface area contributed by atoms with Crippen molar-refractivity contribution in [3.8, 4) is 0 Å². The molecule has 21 heavy (non-hydrogen) atoms. The number of hydrogen-bond acceptors (Lipinski definition) is 5. The fourth-order valence-corrected chi connectivity index (χ4v) is 3.66. The van der Waals surface area contributed by atoms with Gasteiger partial charge in [0.05, 0.1) is 4.92 Å². The van der Waals surface area contributed by atoms with Gasteiger partial charge in [0.25, 0.3) is 0 Å². The average molecular weight is 312 g/mol. The largest absolute Gasteiger partial charge is 0.481 e. The number of hydrogen-bond donors (Lipinski definition) is 1. The van der Waals surface area contributed by atoms with E-state index in [2.05, 4.69) is 4.90 Å². The molecule has 1 N–H and O–H groups in total. The summed E-state index contributed by atoms with van der Waals surface area (Å²) >= 11 is 1.16. The summed E-state index contributed by atoms with van der Waals surface area (Å²) in [5, 5.41) is 21.6. The first-order valence-electron chi connectivity index (χ1n) is 7.11. The molecule has 0 spiro atoms. The number of carboxylic acids is 1. The number of thiophene rings is 1. The minimum atomic E-state index is -0.743. The summed E-state index contributed by atoms with van der Waals surface area (Å²) in [6.45, 7) is 4.55. The van der Waals surface area contributed by atoms with Gasteiger partial charge in [0.15, 0.2) is 0 Å². The van der Waals surface area contributed by atoms with Crippen LogP contribution < -0.4 is 0 Å². The minimum absolute atomic E-state index is 0.169. The Labute approximate surface area is 127 Å². The van der Waals surface area contributed by atoms with Crippen molar-refractivity contribution in [2.24, 2.45) is 11.8 Å². The molecule has 0 saturated carbocycles. The molecule has 1 aliphatic heterocycles. The Morgan fingerprint density at radius 2 is 2.43 bits per heavy atom. The first-order chi connectivity index (χ1) is 9.95. The highest BCUT2D eigenvalue weighted by Crippen LogP contribution is 2.29. The van der Waals surface area contributed by atoms with E-state index in [0.717, 1.165) is 42.8 Å². The summed E-state index contributed by atoms with van der Waals surface area (Å²) in [7, 11) is 0. The van der Waals surface area contributed by atoms with E-state index in [9.17, 15) is 14.9 Å². The first kappa shape index (κ1) is 15.9. The van der Waals surface area contributed by atoms with Crippen molar-refractivity contribution in [1.29, 1.82) is 0 Å². The maximum atomic E-state index is 10.8. The van der Waals surface area contributed by atoms with Crippen molar-refractivity contribution in [1.82, 2.24) is 4.90 Å². The second-order valence-corrected chi connectivity index (χ2v) is 6.65. The van der Waals surface area contributed by atoms with E-state index in [0.29, 0.717) is 12.5 Å². The van der Waals surface area contributed by atoms with Crippen LogP contribution in [0.5, 0.6) is 0 Å². The lowest BCUT2D eigenvalue weighted by Crippen LogP contribution is -2.37. The Kier molecular flexibility index (Phi) is 5.30. The zero-order valence-corrected chi connectivity index (χ0v) is 12.8. The number of carbonyl (C=O) groups is 1. The van der Waals surface area contributed by atoms with Crippen LogP contribution in [0, 0.1) is 22.0 Å². The van der Waals surface area contributed by atoms with E-state index in [1.807, 2.05) is 12.3 Å². The van der Waals surface area contributed by atoms with Gasteiger partial charge in [0.2, 0.25) is 0 Å². The molecule has 6 nitrogen and oxygen atoms in total. The molecule has 2 rings (SSSR count). The number of likely N-dealkylation sites (tertiary alicyclic amines) is 1. The van der Waals surface area contributed by atoms with E-state index in [4.69, 9.17) is 5.11 Å². The van der Waals surface area contributed by atoms with Crippen molar-refractivity contribution >= 4 is 22.3 Å². The fraction of sp³-hybridized carbons (Fsp3) is 0.643. The van der Waals surface area contributed by atoms with Gasteiger partial charge in [-0.2, -0.15) is 0 Å². The minimum Gasteiger partial charge on any atom is -0.481 e. The van der Waals surface area contributed by atoms with Gasteiger partial charge in [-0.25, -0.2) is 0 Å². The van der Waals surface area contributed by atoms with E-state index < -0.39 is 5.97 Å². The van der Waals surface area contributed by atoms with E-state index >= 15 is 0 Å². The van der Waals surface area contributed by atoms with Crippen molar-refractivity contribution < 1.29 is 14.8 Å². The molecule has 116 valence electrons. The van der Waals surface area contributed by atoms with Crippen LogP contribution in [0.1, 0.15) is 31.7 Å². The van der Waals surface area contributed by atoms with Crippen LogP contribution in [0.4, 0.5) is 5.00 Å². The second kappa shape index (κ2) is 7.00. The summed E-state index contributed by atoms with van der Waals surface area (Å²) in [6.07, 6.45) is 2.33. The standard InChI is InChI=1S/C14H20N2O4S/c1-10(5-14(17)18)12-3-2-4-15(8-12)7-11-6-13(16(19)20)21-9-11/h6,9-10,12H,2-5,7-8H2,1H3,(H,17,18). The van der Waals surface area contributed by atoms with Crippen molar-refractivity contribution in [3.63, 3.8) is 0 Å². The van der Waals surface area contributed by atoms with Gasteiger partial charge in [0.1, 0.15) is 0 Å². The topological polar surface area (TPSA) is 83.7 Å². The molecule has 7 heteroatoms. The van der Waals surface area contributed by atoms with Crippen LogP contribution >= 0.6 is 11.3 Å². The highest BCUT2D eigenvalue weighted by Gasteiger charge is 2.26. The molecule has 0 bridgehead atoms. The molecule has 0 aliphatic carbocycles. The van der Waals surface area contributed by atoms with Crippen LogP contribution in [0.3, 0.4) is 0 Å². The number of aliphatic carboxylic acids is 1. The molecule has 1 aliphatic rings. The van der Waals surface area contributed by atoms with Gasteiger partial charge in [-0.1, -0.05) is 18.3 Å². The number of carboxylic acid groups (broad SMARTS) is 1. The maximum Gasteiger partial charge on any atom is 0.324 e. The summed E-state index contributed by atoms with van der Waals surface area (Å²) in [5.41, 5.74) is 0.971. The molecule has 1 aromatic heterocycles. The average Bonchev–Trinajstić information content (AvgIpc) is 2.87. The molecular formula is C14H20N2O4S. The molecule has 0 radical (unpaired) electrons. The smallest absolute Gasteiger partial charge is 0.324 e. The van der Waals surface area contributed by atoms with Crippen LogP contribution in [-0.4, -0.2) is 34.0 Å². The van der Waals surface area contributed by atoms with Gasteiger partial charge in [0, 0.05) is 31.0 Å². The lowest BCUT2D eigenvalue weighted by molar-refractivity contribution is -0.380. The lowest BCUT2D eigenvalue weighted by atomic mass is 9.84. The molecule has 1 saturated heterocycles. The third-order valence-corrected chi connectivity index (χ3v) is 5.00. The van der Waals surface area contributed by atoms with Gasteiger partial charge >= 0.3 is 11.0 Å². The van der Waals surface area contributed by atoms with Crippen LogP contribution in [0.2, 0.25) is 0 Å². The number of nitrogens with zero attached hydrogens (tertiary/aromatic N) is 2. The SMILES string of the molecule is CC(CC(=O)O)C1CCCN(Cc2csc([N+](=O)[O-])c2)C1. The molecule has 1 fully saturated rings. The molecule has 2 atom stereocenters. The normalized spacial score (nSPS) is 21.1. The molecule has 2 unspecified atom stereocenters. The lowest BCUT2D eigenvalue weighted by Gasteiger charge is -2.35. The third kappa shape index (κ3) is 4.50. The predicted molar refractivity (Wildman–Crippen MR) is 80.4 cm³/mol. The van der Waals surface area contributed by atoms with Crippen molar-refractivity contribution in [3.05, 3.63) is 27.1 Å². The van der Waals surface area contributed by atoms with Gasteiger partial charge in [-0.3, -0.25) is 19.8 Å². The molecule has 1 aromatic rings. The van der Waals surface area contributed by atoms with Crippen molar-refractivity contribution in [2.45, 2.75) is 32.7 Å². The first-order valence-corrected chi connectivity index (χ1v) is 7.99. The Bertz CT molecular complexity index is 517. The third-order valence-electron chi connectivity index (χ3n) is 4.07. The Balaban J connectivity index is 1.91. The molecular weight excluding hydrogens is 292 g/mol. The number of piperidine rings is 1. The maximum absolute atomic E-state index is 10.8. The van der Waals surface area contributed by atoms with E-state index in [1.54, 1.807) is 6.07 Å². The molecule has 0 aromatic carbocycles. The summed E-state index contributed by atoms with van der Waals surface area (Å²) < 4.78 is 0. The van der Waals surface area contributed by atoms with Gasteiger partial charge < -0.3 is 5.11 Å².